The molecule has 1 amide bonds. The molecule has 0 aliphatic carbocycles. The van der Waals surface area contributed by atoms with Crippen LogP contribution in [0.15, 0.2) is 64.3 Å². The number of ether oxygens (including phenoxy) is 1. The highest BCUT2D eigenvalue weighted by atomic mass is 32.2. The topological polar surface area (TPSA) is 83.0 Å². The molecule has 3 heterocycles. The summed E-state index contributed by atoms with van der Waals surface area (Å²) < 4.78 is 8.12. The van der Waals surface area contributed by atoms with E-state index in [0.29, 0.717) is 18.3 Å². The van der Waals surface area contributed by atoms with Crippen LogP contribution in [-0.4, -0.2) is 38.1 Å². The van der Waals surface area contributed by atoms with Crippen LogP contribution >= 0.6 is 11.8 Å². The maximum Gasteiger partial charge on any atom is 0.283 e. The number of amidine groups is 2. The van der Waals surface area contributed by atoms with Crippen molar-refractivity contribution in [2.75, 3.05) is 6.61 Å². The number of amides is 1. The summed E-state index contributed by atoms with van der Waals surface area (Å²) in [6, 6.07) is 14.2. The van der Waals surface area contributed by atoms with Crippen molar-refractivity contribution in [1.82, 2.24) is 9.58 Å². The number of nitrogens with one attached hydrogen (secondary N) is 1. The van der Waals surface area contributed by atoms with Gasteiger partial charge in [-0.05, 0) is 61.0 Å². The summed E-state index contributed by atoms with van der Waals surface area (Å²) in [5, 5.41) is 16.9. The smallest absolute Gasteiger partial charge is 0.283 e. The molecule has 35 heavy (non-hydrogen) atoms. The van der Waals surface area contributed by atoms with Gasteiger partial charge in [0.2, 0.25) is 5.17 Å². The molecule has 0 radical (unpaired) electrons. The SMILES string of the molecule is Cc1ccc(OCCn2cc(C=C3C(=N)N4N=C(C(C)C)SC4=NC3=O)c3ccccc32)cc1C. The Hall–Kier alpha value is -3.65. The van der Waals surface area contributed by atoms with Crippen LogP contribution in [0.25, 0.3) is 17.0 Å². The standard InChI is InChI=1S/C27H27N5O2S/c1-16(2)26-30-32-24(28)22(25(33)29-27(32)35-26)14-19-15-31(23-8-6-5-7-21(19)23)11-12-34-20-10-9-17(3)18(4)13-20/h5-10,13-16,28H,11-12H2,1-4H3. The second-order valence-corrected chi connectivity index (χ2v) is 9.99. The van der Waals surface area contributed by atoms with Gasteiger partial charge in [-0.3, -0.25) is 10.2 Å². The molecule has 2 aliphatic heterocycles. The minimum absolute atomic E-state index is 0.0538. The molecule has 2 aliphatic rings. The van der Waals surface area contributed by atoms with Gasteiger partial charge in [0.1, 0.15) is 17.4 Å². The first-order chi connectivity index (χ1) is 16.8. The number of hydrogen-bond donors (Lipinski definition) is 1. The normalized spacial score (nSPS) is 16.8. The zero-order valence-corrected chi connectivity index (χ0v) is 21.0. The zero-order valence-electron chi connectivity index (χ0n) is 20.2. The number of carbonyl (C=O) groups excluding carboxylic acids is 1. The van der Waals surface area contributed by atoms with E-state index >= 15 is 0 Å². The van der Waals surface area contributed by atoms with E-state index in [1.54, 1.807) is 6.08 Å². The molecule has 0 saturated carbocycles. The maximum absolute atomic E-state index is 12.8. The molecule has 1 aromatic heterocycles. The molecule has 0 bridgehead atoms. The molecule has 0 spiro atoms. The van der Waals surface area contributed by atoms with Gasteiger partial charge in [-0.2, -0.15) is 15.1 Å². The van der Waals surface area contributed by atoms with Crippen molar-refractivity contribution >= 4 is 50.7 Å². The molecule has 0 atom stereocenters. The van der Waals surface area contributed by atoms with E-state index in [0.717, 1.165) is 27.3 Å². The molecule has 8 heteroatoms. The van der Waals surface area contributed by atoms with Crippen LogP contribution in [0, 0.1) is 25.2 Å². The lowest BCUT2D eigenvalue weighted by atomic mass is 10.1. The van der Waals surface area contributed by atoms with Gasteiger partial charge in [-0.1, -0.05) is 38.1 Å². The third kappa shape index (κ3) is 4.41. The van der Waals surface area contributed by atoms with Crippen LogP contribution < -0.4 is 4.74 Å². The Morgan fingerprint density at radius 3 is 2.71 bits per heavy atom. The molecule has 1 N–H and O–H groups in total. The summed E-state index contributed by atoms with van der Waals surface area (Å²) in [5.74, 6) is 0.696. The van der Waals surface area contributed by atoms with E-state index in [2.05, 4.69) is 40.6 Å². The van der Waals surface area contributed by atoms with Gasteiger partial charge >= 0.3 is 0 Å². The third-order valence-corrected chi connectivity index (χ3v) is 7.37. The average molecular weight is 486 g/mol. The summed E-state index contributed by atoms with van der Waals surface area (Å²) >= 11 is 1.35. The van der Waals surface area contributed by atoms with E-state index in [1.807, 2.05) is 50.4 Å². The largest absolute Gasteiger partial charge is 0.492 e. The van der Waals surface area contributed by atoms with Crippen LogP contribution in [0.3, 0.4) is 0 Å². The number of aryl methyl sites for hydroxylation is 2. The Labute approximate surface area is 208 Å². The molecule has 0 saturated heterocycles. The lowest BCUT2D eigenvalue weighted by Crippen LogP contribution is -2.35. The van der Waals surface area contributed by atoms with Gasteiger partial charge < -0.3 is 9.30 Å². The van der Waals surface area contributed by atoms with Gasteiger partial charge in [-0.15, -0.1) is 0 Å². The van der Waals surface area contributed by atoms with Crippen molar-refractivity contribution in [3.63, 3.8) is 0 Å². The number of aliphatic imine (C=N–C) groups is 1. The third-order valence-electron chi connectivity index (χ3n) is 6.16. The fourth-order valence-electron chi connectivity index (χ4n) is 4.04. The van der Waals surface area contributed by atoms with Crippen molar-refractivity contribution in [1.29, 1.82) is 5.41 Å². The first-order valence-electron chi connectivity index (χ1n) is 11.6. The number of rotatable bonds is 6. The Morgan fingerprint density at radius 2 is 1.94 bits per heavy atom. The Kier molecular flexibility index (Phi) is 6.06. The Balaban J connectivity index is 1.42. The molecule has 3 aromatic rings. The van der Waals surface area contributed by atoms with Crippen LogP contribution in [0.2, 0.25) is 0 Å². The van der Waals surface area contributed by atoms with Crippen molar-refractivity contribution in [2.24, 2.45) is 16.0 Å². The Morgan fingerprint density at radius 1 is 1.14 bits per heavy atom. The number of thioether (sulfide) groups is 1. The maximum atomic E-state index is 12.8. The van der Waals surface area contributed by atoms with Crippen molar-refractivity contribution < 1.29 is 9.53 Å². The van der Waals surface area contributed by atoms with E-state index in [9.17, 15) is 4.79 Å². The summed E-state index contributed by atoms with van der Waals surface area (Å²) in [6.45, 7) is 9.39. The molecule has 5 rings (SSSR count). The predicted molar refractivity (Wildman–Crippen MR) is 143 cm³/mol. The van der Waals surface area contributed by atoms with E-state index in [-0.39, 0.29) is 17.3 Å². The number of aromatic nitrogens is 1. The van der Waals surface area contributed by atoms with Crippen molar-refractivity contribution in [3.05, 3.63) is 70.9 Å². The number of fused-ring (bicyclic) bond motifs is 2. The van der Waals surface area contributed by atoms with Crippen LogP contribution in [0.4, 0.5) is 0 Å². The lowest BCUT2D eigenvalue weighted by molar-refractivity contribution is -0.114. The highest BCUT2D eigenvalue weighted by Crippen LogP contribution is 2.32. The van der Waals surface area contributed by atoms with Gasteiger partial charge in [-0.25, -0.2) is 0 Å². The molecular weight excluding hydrogens is 458 g/mol. The lowest BCUT2D eigenvalue weighted by Gasteiger charge is -2.20. The second kappa shape index (κ2) is 9.19. The fraction of sp³-hybridized carbons (Fsp3) is 0.259. The monoisotopic (exact) mass is 485 g/mol. The highest BCUT2D eigenvalue weighted by Gasteiger charge is 2.36. The molecule has 0 fully saturated rings. The number of para-hydroxylation sites is 1. The summed E-state index contributed by atoms with van der Waals surface area (Å²) in [6.07, 6.45) is 3.75. The van der Waals surface area contributed by atoms with Gasteiger partial charge in [0.05, 0.1) is 12.1 Å². The van der Waals surface area contributed by atoms with Gasteiger partial charge in [0.15, 0.2) is 5.84 Å². The molecule has 178 valence electrons. The fourth-order valence-corrected chi connectivity index (χ4v) is 4.93. The zero-order chi connectivity index (χ0) is 24.7. The first kappa shape index (κ1) is 23.1. The van der Waals surface area contributed by atoms with Gasteiger partial charge in [0.25, 0.3) is 5.91 Å². The number of hydrazone groups is 1. The minimum Gasteiger partial charge on any atom is -0.492 e. The van der Waals surface area contributed by atoms with Crippen LogP contribution in [0.5, 0.6) is 5.75 Å². The van der Waals surface area contributed by atoms with E-state index in [1.165, 1.54) is 27.9 Å². The predicted octanol–water partition coefficient (Wildman–Crippen LogP) is 5.61. The summed E-state index contributed by atoms with van der Waals surface area (Å²) in [7, 11) is 0. The number of carbonyl (C=O) groups is 1. The van der Waals surface area contributed by atoms with Gasteiger partial charge in [0, 0.05) is 28.6 Å². The number of nitrogens with zero attached hydrogens (tertiary/aromatic N) is 4. The summed E-state index contributed by atoms with van der Waals surface area (Å²) in [5.41, 5.74) is 4.58. The van der Waals surface area contributed by atoms with E-state index < -0.39 is 5.91 Å². The van der Waals surface area contributed by atoms with Crippen molar-refractivity contribution in [2.45, 2.75) is 34.2 Å². The van der Waals surface area contributed by atoms with Crippen molar-refractivity contribution in [3.8, 4) is 5.75 Å². The average Bonchev–Trinajstić information content (AvgIpc) is 3.41. The van der Waals surface area contributed by atoms with Crippen LogP contribution in [-0.2, 0) is 11.3 Å². The molecule has 0 unspecified atom stereocenters. The molecular formula is C27H27N5O2S. The second-order valence-electron chi connectivity index (χ2n) is 9.00. The van der Waals surface area contributed by atoms with E-state index in [4.69, 9.17) is 10.1 Å². The molecule has 7 nitrogen and oxygen atoms in total. The highest BCUT2D eigenvalue weighted by molar-refractivity contribution is 8.27. The minimum atomic E-state index is -0.413. The summed E-state index contributed by atoms with van der Waals surface area (Å²) in [4.78, 5) is 17.0. The Bertz CT molecular complexity index is 1450. The number of benzene rings is 2. The first-order valence-corrected chi connectivity index (χ1v) is 12.4. The van der Waals surface area contributed by atoms with Crippen LogP contribution in [0.1, 0.15) is 30.5 Å². The number of hydrogen-bond acceptors (Lipinski definition) is 5. The quantitative estimate of drug-likeness (QED) is 0.460. The molecule has 2 aromatic carbocycles.